The molecule has 1 aromatic heterocycles. The Morgan fingerprint density at radius 1 is 1.28 bits per heavy atom. The summed E-state index contributed by atoms with van der Waals surface area (Å²) in [5, 5.41) is 1.27. The molecule has 0 amide bonds. The summed E-state index contributed by atoms with van der Waals surface area (Å²) >= 11 is 0. The molecular weight excluding hydrogens is 228 g/mol. The number of aromatic amines is 1. The van der Waals surface area contributed by atoms with Gasteiger partial charge in [-0.15, -0.1) is 0 Å². The van der Waals surface area contributed by atoms with Gasteiger partial charge in [0.1, 0.15) is 0 Å². The summed E-state index contributed by atoms with van der Waals surface area (Å²) in [4.78, 5) is 3.53. The van der Waals surface area contributed by atoms with Gasteiger partial charge < -0.3 is 20.2 Å². The summed E-state index contributed by atoms with van der Waals surface area (Å²) < 4.78 is 10.9. The quantitative estimate of drug-likeness (QED) is 0.809. The highest BCUT2D eigenvalue weighted by Crippen LogP contribution is 2.41. The minimum atomic E-state index is 0.329. The lowest BCUT2D eigenvalue weighted by atomic mass is 9.87. The fraction of sp³-hybridized carbons (Fsp3) is 0.429. The molecule has 0 radical (unpaired) electrons. The molecule has 0 saturated carbocycles. The van der Waals surface area contributed by atoms with Crippen molar-refractivity contribution in [2.75, 3.05) is 13.3 Å². The molecular formula is C14H16N2O2. The van der Waals surface area contributed by atoms with Crippen molar-refractivity contribution in [1.29, 1.82) is 0 Å². The number of rotatable bonds is 1. The van der Waals surface area contributed by atoms with E-state index < -0.39 is 0 Å². The van der Waals surface area contributed by atoms with Crippen LogP contribution in [0.4, 0.5) is 0 Å². The SMILES string of the molecule is NCC1CCCc2c1[nH]c1cc3c(cc21)OCO3. The van der Waals surface area contributed by atoms with E-state index in [9.17, 15) is 0 Å². The van der Waals surface area contributed by atoms with E-state index in [1.54, 1.807) is 0 Å². The zero-order valence-corrected chi connectivity index (χ0v) is 10.2. The number of nitrogens with two attached hydrogens (primary N) is 1. The van der Waals surface area contributed by atoms with Gasteiger partial charge in [-0.3, -0.25) is 0 Å². The van der Waals surface area contributed by atoms with Crippen LogP contribution in [0.5, 0.6) is 11.5 Å². The van der Waals surface area contributed by atoms with Gasteiger partial charge in [-0.05, 0) is 30.9 Å². The lowest BCUT2D eigenvalue weighted by Crippen LogP contribution is -2.17. The highest BCUT2D eigenvalue weighted by atomic mass is 16.7. The highest BCUT2D eigenvalue weighted by Gasteiger charge is 2.25. The molecule has 0 bridgehead atoms. The van der Waals surface area contributed by atoms with Crippen LogP contribution in [0.25, 0.3) is 10.9 Å². The predicted octanol–water partition coefficient (Wildman–Crippen LogP) is 2.28. The molecule has 2 aliphatic rings. The van der Waals surface area contributed by atoms with E-state index in [2.05, 4.69) is 11.1 Å². The number of fused-ring (bicyclic) bond motifs is 4. The Kier molecular flexibility index (Phi) is 2.08. The first-order chi connectivity index (χ1) is 8.86. The molecule has 1 aromatic carbocycles. The summed E-state index contributed by atoms with van der Waals surface area (Å²) in [6.07, 6.45) is 3.53. The molecule has 4 heteroatoms. The maximum Gasteiger partial charge on any atom is 0.231 e. The Morgan fingerprint density at radius 3 is 2.94 bits per heavy atom. The third kappa shape index (κ3) is 1.29. The number of nitrogens with one attached hydrogen (secondary N) is 1. The fourth-order valence-corrected chi connectivity index (χ4v) is 3.18. The van der Waals surface area contributed by atoms with Gasteiger partial charge in [0.15, 0.2) is 11.5 Å². The predicted molar refractivity (Wildman–Crippen MR) is 69.2 cm³/mol. The van der Waals surface area contributed by atoms with E-state index in [-0.39, 0.29) is 0 Å². The number of ether oxygens (including phenoxy) is 2. The van der Waals surface area contributed by atoms with Gasteiger partial charge in [-0.1, -0.05) is 0 Å². The molecule has 4 nitrogen and oxygen atoms in total. The first kappa shape index (κ1) is 10.3. The summed E-state index contributed by atoms with van der Waals surface area (Å²) in [6, 6.07) is 4.15. The highest BCUT2D eigenvalue weighted by molar-refractivity contribution is 5.88. The normalized spacial score (nSPS) is 21.3. The van der Waals surface area contributed by atoms with Crippen LogP contribution in [0, 0.1) is 0 Å². The molecule has 94 valence electrons. The second kappa shape index (κ2) is 3.65. The maximum atomic E-state index is 5.87. The topological polar surface area (TPSA) is 60.3 Å². The minimum Gasteiger partial charge on any atom is -0.454 e. The van der Waals surface area contributed by atoms with Gasteiger partial charge >= 0.3 is 0 Å². The summed E-state index contributed by atoms with van der Waals surface area (Å²) in [6.45, 7) is 1.04. The van der Waals surface area contributed by atoms with Crippen LogP contribution in [0.3, 0.4) is 0 Å². The lowest BCUT2D eigenvalue weighted by Gasteiger charge is -2.20. The number of hydrogen-bond donors (Lipinski definition) is 2. The van der Waals surface area contributed by atoms with Gasteiger partial charge in [-0.25, -0.2) is 0 Å². The van der Waals surface area contributed by atoms with Crippen molar-refractivity contribution in [3.05, 3.63) is 23.4 Å². The van der Waals surface area contributed by atoms with Crippen molar-refractivity contribution >= 4 is 10.9 Å². The van der Waals surface area contributed by atoms with Gasteiger partial charge in [0.05, 0.1) is 0 Å². The van der Waals surface area contributed by atoms with Crippen LogP contribution in [0.15, 0.2) is 12.1 Å². The second-order valence-corrected chi connectivity index (χ2v) is 5.09. The van der Waals surface area contributed by atoms with Crippen LogP contribution in [-0.4, -0.2) is 18.3 Å². The largest absolute Gasteiger partial charge is 0.454 e. The third-order valence-electron chi connectivity index (χ3n) is 4.10. The van der Waals surface area contributed by atoms with Crippen molar-refractivity contribution < 1.29 is 9.47 Å². The van der Waals surface area contributed by atoms with Crippen molar-refractivity contribution in [2.24, 2.45) is 5.73 Å². The van der Waals surface area contributed by atoms with Crippen molar-refractivity contribution in [3.63, 3.8) is 0 Å². The Labute approximate surface area is 105 Å². The number of aryl methyl sites for hydroxylation is 1. The van der Waals surface area contributed by atoms with Gasteiger partial charge in [0.25, 0.3) is 0 Å². The molecule has 0 saturated heterocycles. The average molecular weight is 244 g/mol. The van der Waals surface area contributed by atoms with Crippen LogP contribution in [0.2, 0.25) is 0 Å². The van der Waals surface area contributed by atoms with Crippen molar-refractivity contribution in [3.8, 4) is 11.5 Å². The van der Waals surface area contributed by atoms with Gasteiger partial charge in [0, 0.05) is 35.1 Å². The van der Waals surface area contributed by atoms with Crippen LogP contribution >= 0.6 is 0 Å². The fourth-order valence-electron chi connectivity index (χ4n) is 3.18. The van der Waals surface area contributed by atoms with Crippen LogP contribution < -0.4 is 15.2 Å². The molecule has 3 N–H and O–H groups in total. The summed E-state index contributed by atoms with van der Waals surface area (Å²) in [7, 11) is 0. The van der Waals surface area contributed by atoms with Crippen LogP contribution in [0.1, 0.15) is 30.0 Å². The molecule has 1 aliphatic carbocycles. The third-order valence-corrected chi connectivity index (χ3v) is 4.10. The first-order valence-corrected chi connectivity index (χ1v) is 6.51. The Morgan fingerprint density at radius 2 is 2.11 bits per heavy atom. The number of aromatic nitrogens is 1. The molecule has 4 rings (SSSR count). The minimum absolute atomic E-state index is 0.329. The van der Waals surface area contributed by atoms with Crippen molar-refractivity contribution in [1.82, 2.24) is 4.98 Å². The molecule has 1 unspecified atom stereocenters. The number of hydrogen-bond acceptors (Lipinski definition) is 3. The average Bonchev–Trinajstić information content (AvgIpc) is 2.98. The molecule has 18 heavy (non-hydrogen) atoms. The van der Waals surface area contributed by atoms with E-state index in [0.29, 0.717) is 19.3 Å². The standard InChI is InChI=1S/C14H16N2O2/c15-6-8-2-1-3-9-10-4-12-13(18-7-17-12)5-11(10)16-14(8)9/h4-5,8,16H,1-3,6-7,15H2. The first-order valence-electron chi connectivity index (χ1n) is 6.51. The summed E-state index contributed by atoms with van der Waals surface area (Å²) in [5.41, 5.74) is 9.75. The Bertz CT molecular complexity index is 618. The van der Waals surface area contributed by atoms with Crippen molar-refractivity contribution in [2.45, 2.75) is 25.2 Å². The Balaban J connectivity index is 1.95. The number of benzene rings is 1. The van der Waals surface area contributed by atoms with E-state index in [1.807, 2.05) is 6.07 Å². The zero-order chi connectivity index (χ0) is 12.1. The molecule has 2 heterocycles. The zero-order valence-electron chi connectivity index (χ0n) is 10.2. The lowest BCUT2D eigenvalue weighted by molar-refractivity contribution is 0.174. The maximum absolute atomic E-state index is 5.87. The van der Waals surface area contributed by atoms with Gasteiger partial charge in [-0.2, -0.15) is 0 Å². The monoisotopic (exact) mass is 244 g/mol. The molecule has 0 fully saturated rings. The summed E-state index contributed by atoms with van der Waals surface area (Å²) in [5.74, 6) is 2.17. The Hall–Kier alpha value is -1.68. The van der Waals surface area contributed by atoms with E-state index in [4.69, 9.17) is 15.2 Å². The van der Waals surface area contributed by atoms with Crippen LogP contribution in [-0.2, 0) is 6.42 Å². The second-order valence-electron chi connectivity index (χ2n) is 5.09. The van der Waals surface area contributed by atoms with E-state index in [0.717, 1.165) is 23.4 Å². The molecule has 1 aliphatic heterocycles. The smallest absolute Gasteiger partial charge is 0.231 e. The molecule has 0 spiro atoms. The molecule has 2 aromatic rings. The van der Waals surface area contributed by atoms with Gasteiger partial charge in [0.2, 0.25) is 6.79 Å². The van der Waals surface area contributed by atoms with E-state index >= 15 is 0 Å². The number of H-pyrrole nitrogens is 1. The molecule has 1 atom stereocenters. The van der Waals surface area contributed by atoms with E-state index in [1.165, 1.54) is 29.5 Å².